The van der Waals surface area contributed by atoms with Crippen molar-refractivity contribution in [2.75, 3.05) is 6.54 Å². The van der Waals surface area contributed by atoms with Crippen LogP contribution in [0.15, 0.2) is 12.4 Å². The van der Waals surface area contributed by atoms with Crippen molar-refractivity contribution < 1.29 is 0 Å². The predicted molar refractivity (Wildman–Crippen MR) is 78.3 cm³/mol. The fourth-order valence-corrected chi connectivity index (χ4v) is 2.18. The van der Waals surface area contributed by atoms with Gasteiger partial charge in [-0.1, -0.05) is 13.8 Å². The van der Waals surface area contributed by atoms with Gasteiger partial charge < -0.3 is 5.32 Å². The quantitative estimate of drug-likeness (QED) is 0.834. The summed E-state index contributed by atoms with van der Waals surface area (Å²) in [5, 5.41) is 12.2. The molecule has 110 valence electrons. The van der Waals surface area contributed by atoms with Gasteiger partial charge in [0.2, 0.25) is 0 Å². The van der Waals surface area contributed by atoms with Crippen LogP contribution in [0.25, 0.3) is 0 Å². The smallest absolute Gasteiger partial charge is 0.141 e. The third-order valence-corrected chi connectivity index (χ3v) is 3.13. The molecule has 0 saturated heterocycles. The van der Waals surface area contributed by atoms with Crippen LogP contribution in [0, 0.1) is 12.8 Å². The summed E-state index contributed by atoms with van der Waals surface area (Å²) in [6.45, 7) is 11.8. The molecule has 2 aromatic heterocycles. The molecule has 0 aliphatic heterocycles. The van der Waals surface area contributed by atoms with Crippen molar-refractivity contribution in [1.29, 1.82) is 0 Å². The Morgan fingerprint density at radius 3 is 2.80 bits per heavy atom. The van der Waals surface area contributed by atoms with Crippen LogP contribution in [-0.4, -0.2) is 31.1 Å². The molecule has 2 heterocycles. The van der Waals surface area contributed by atoms with E-state index < -0.39 is 0 Å². The van der Waals surface area contributed by atoms with E-state index in [0.717, 1.165) is 31.2 Å². The fraction of sp³-hybridized carbons (Fsp3) is 0.643. The molecule has 6 heteroatoms. The van der Waals surface area contributed by atoms with Crippen molar-refractivity contribution in [3.8, 4) is 0 Å². The Bertz CT molecular complexity index is 540. The second-order valence-electron chi connectivity index (χ2n) is 5.45. The van der Waals surface area contributed by atoms with E-state index in [0.29, 0.717) is 12.5 Å². The molecule has 0 aliphatic carbocycles. The van der Waals surface area contributed by atoms with Gasteiger partial charge in [-0.15, -0.1) is 0 Å². The van der Waals surface area contributed by atoms with Crippen LogP contribution in [0.4, 0.5) is 0 Å². The maximum absolute atomic E-state index is 4.46. The van der Waals surface area contributed by atoms with Gasteiger partial charge in [0.25, 0.3) is 0 Å². The number of rotatable bonds is 7. The van der Waals surface area contributed by atoms with Crippen molar-refractivity contribution in [2.24, 2.45) is 5.92 Å². The van der Waals surface area contributed by atoms with Crippen molar-refractivity contribution in [3.63, 3.8) is 0 Å². The number of hydrogen-bond donors (Lipinski definition) is 1. The van der Waals surface area contributed by atoms with Crippen LogP contribution in [0.2, 0.25) is 0 Å². The van der Waals surface area contributed by atoms with Crippen LogP contribution in [0.1, 0.15) is 38.0 Å². The summed E-state index contributed by atoms with van der Waals surface area (Å²) in [5.41, 5.74) is 2.21. The van der Waals surface area contributed by atoms with E-state index in [1.54, 1.807) is 6.33 Å². The molecule has 1 N–H and O–H groups in total. The highest BCUT2D eigenvalue weighted by Crippen LogP contribution is 2.07. The summed E-state index contributed by atoms with van der Waals surface area (Å²) in [6, 6.07) is 2.11. The van der Waals surface area contributed by atoms with E-state index in [-0.39, 0.29) is 0 Å². The minimum Gasteiger partial charge on any atom is -0.310 e. The molecule has 2 rings (SSSR count). The molecule has 0 amide bonds. The lowest BCUT2D eigenvalue weighted by Crippen LogP contribution is -2.22. The lowest BCUT2D eigenvalue weighted by atomic mass is 10.2. The Morgan fingerprint density at radius 2 is 2.10 bits per heavy atom. The number of aromatic nitrogens is 5. The Labute approximate surface area is 120 Å². The first-order valence-corrected chi connectivity index (χ1v) is 7.20. The molecule has 0 saturated carbocycles. The molecule has 0 fully saturated rings. The average molecular weight is 276 g/mol. The normalized spacial score (nSPS) is 11.4. The van der Waals surface area contributed by atoms with E-state index in [2.05, 4.69) is 47.3 Å². The second kappa shape index (κ2) is 6.65. The van der Waals surface area contributed by atoms with Gasteiger partial charge in [0.1, 0.15) is 12.2 Å². The highest BCUT2D eigenvalue weighted by Gasteiger charge is 2.09. The molecule has 20 heavy (non-hydrogen) atoms. The predicted octanol–water partition coefficient (Wildman–Crippen LogP) is 1.60. The zero-order valence-corrected chi connectivity index (χ0v) is 12.8. The standard InChI is InChI=1S/C14H24N6/c1-5-19-13(6-12(4)18-19)9-20-14(16-10-17-20)8-15-7-11(2)3/h6,10-11,15H,5,7-9H2,1-4H3. The number of nitrogens with zero attached hydrogens (tertiary/aromatic N) is 5. The summed E-state index contributed by atoms with van der Waals surface area (Å²) >= 11 is 0. The van der Waals surface area contributed by atoms with Gasteiger partial charge in [-0.05, 0) is 32.4 Å². The van der Waals surface area contributed by atoms with Crippen molar-refractivity contribution in [1.82, 2.24) is 29.9 Å². The molecule has 0 radical (unpaired) electrons. The van der Waals surface area contributed by atoms with Crippen molar-refractivity contribution in [3.05, 3.63) is 29.6 Å². The van der Waals surface area contributed by atoms with Gasteiger partial charge in [-0.2, -0.15) is 10.2 Å². The molecular weight excluding hydrogens is 252 g/mol. The SMILES string of the molecule is CCn1nc(C)cc1Cn1ncnc1CNCC(C)C. The Kier molecular flexibility index (Phi) is 4.89. The highest BCUT2D eigenvalue weighted by molar-refractivity contribution is 5.09. The molecule has 6 nitrogen and oxygen atoms in total. The molecule has 0 spiro atoms. The maximum Gasteiger partial charge on any atom is 0.141 e. The van der Waals surface area contributed by atoms with Gasteiger partial charge in [0.05, 0.1) is 24.5 Å². The molecule has 0 aromatic carbocycles. The largest absolute Gasteiger partial charge is 0.310 e. The Balaban J connectivity index is 2.04. The lowest BCUT2D eigenvalue weighted by molar-refractivity contribution is 0.513. The minimum absolute atomic E-state index is 0.635. The van der Waals surface area contributed by atoms with Gasteiger partial charge in [0, 0.05) is 6.54 Å². The second-order valence-corrected chi connectivity index (χ2v) is 5.45. The third-order valence-electron chi connectivity index (χ3n) is 3.13. The van der Waals surface area contributed by atoms with Crippen LogP contribution >= 0.6 is 0 Å². The molecule has 0 atom stereocenters. The van der Waals surface area contributed by atoms with Crippen molar-refractivity contribution in [2.45, 2.75) is 47.3 Å². The van der Waals surface area contributed by atoms with Crippen LogP contribution < -0.4 is 5.32 Å². The van der Waals surface area contributed by atoms with Gasteiger partial charge >= 0.3 is 0 Å². The number of aryl methyl sites for hydroxylation is 2. The van der Waals surface area contributed by atoms with Crippen molar-refractivity contribution >= 4 is 0 Å². The number of hydrogen-bond acceptors (Lipinski definition) is 4. The van der Waals surface area contributed by atoms with Gasteiger partial charge in [-0.3, -0.25) is 4.68 Å². The van der Waals surface area contributed by atoms with Crippen LogP contribution in [-0.2, 0) is 19.6 Å². The zero-order chi connectivity index (χ0) is 14.5. The maximum atomic E-state index is 4.46. The van der Waals surface area contributed by atoms with Gasteiger partial charge in [-0.25, -0.2) is 9.67 Å². The first kappa shape index (κ1) is 14.7. The van der Waals surface area contributed by atoms with Crippen LogP contribution in [0.3, 0.4) is 0 Å². The molecule has 2 aromatic rings. The summed E-state index contributed by atoms with van der Waals surface area (Å²) in [7, 11) is 0. The van der Waals surface area contributed by atoms with Gasteiger partial charge in [0.15, 0.2) is 0 Å². The van der Waals surface area contributed by atoms with E-state index in [1.165, 1.54) is 5.69 Å². The summed E-state index contributed by atoms with van der Waals surface area (Å²) < 4.78 is 3.96. The lowest BCUT2D eigenvalue weighted by Gasteiger charge is -2.09. The monoisotopic (exact) mass is 276 g/mol. The molecule has 0 unspecified atom stereocenters. The summed E-state index contributed by atoms with van der Waals surface area (Å²) in [6.07, 6.45) is 1.62. The van der Waals surface area contributed by atoms with Crippen LogP contribution in [0.5, 0.6) is 0 Å². The first-order valence-electron chi connectivity index (χ1n) is 7.20. The van der Waals surface area contributed by atoms with E-state index in [1.807, 2.05) is 16.3 Å². The minimum atomic E-state index is 0.635. The van der Waals surface area contributed by atoms with E-state index >= 15 is 0 Å². The Hall–Kier alpha value is -1.69. The molecule has 0 aliphatic rings. The first-order chi connectivity index (χ1) is 9.60. The summed E-state index contributed by atoms with van der Waals surface area (Å²) in [5.74, 6) is 1.60. The highest BCUT2D eigenvalue weighted by atomic mass is 15.4. The number of nitrogens with one attached hydrogen (secondary N) is 1. The summed E-state index contributed by atoms with van der Waals surface area (Å²) in [4.78, 5) is 4.33. The van der Waals surface area contributed by atoms with E-state index in [4.69, 9.17) is 0 Å². The van der Waals surface area contributed by atoms with E-state index in [9.17, 15) is 0 Å². The molecule has 0 bridgehead atoms. The molecular formula is C14H24N6. The fourth-order valence-electron chi connectivity index (χ4n) is 2.18. The average Bonchev–Trinajstić information content (AvgIpc) is 2.96. The topological polar surface area (TPSA) is 60.6 Å². The Morgan fingerprint density at radius 1 is 1.30 bits per heavy atom. The third kappa shape index (κ3) is 3.66. The zero-order valence-electron chi connectivity index (χ0n) is 12.8.